The topological polar surface area (TPSA) is 84.1 Å². The van der Waals surface area contributed by atoms with Gasteiger partial charge in [-0.1, -0.05) is 25.1 Å². The Hall–Kier alpha value is -3.48. The van der Waals surface area contributed by atoms with Gasteiger partial charge in [-0.2, -0.15) is 0 Å². The summed E-state index contributed by atoms with van der Waals surface area (Å²) in [5.74, 6) is -0.226. The zero-order chi connectivity index (χ0) is 20.1. The number of carbonyl (C=O) groups is 1. The number of aryl methyl sites for hydroxylation is 1. The number of hydrogen-bond acceptors (Lipinski definition) is 4. The molecular weight excluding hydrogens is 361 g/mol. The third-order valence-corrected chi connectivity index (χ3v) is 4.16. The zero-order valence-electron chi connectivity index (χ0n) is 15.6. The molecule has 1 aromatic heterocycles. The highest BCUT2D eigenvalue weighted by atomic mass is 19.1. The molecule has 28 heavy (non-hydrogen) atoms. The summed E-state index contributed by atoms with van der Waals surface area (Å²) in [4.78, 5) is 31.2. The number of methoxy groups -OCH3 is 1. The number of rotatable bonds is 6. The van der Waals surface area contributed by atoms with E-state index < -0.39 is 5.82 Å². The molecule has 0 radical (unpaired) electrons. The number of nitrogens with one attached hydrogen (secondary N) is 2. The van der Waals surface area contributed by atoms with Gasteiger partial charge < -0.3 is 15.0 Å². The van der Waals surface area contributed by atoms with Gasteiger partial charge in [0.05, 0.1) is 13.5 Å². The van der Waals surface area contributed by atoms with Crippen molar-refractivity contribution >= 4 is 11.6 Å². The van der Waals surface area contributed by atoms with Crippen LogP contribution in [-0.4, -0.2) is 23.0 Å². The van der Waals surface area contributed by atoms with Crippen molar-refractivity contribution in [3.8, 4) is 17.1 Å². The Morgan fingerprint density at radius 2 is 2.04 bits per heavy atom. The first kappa shape index (κ1) is 19.3. The first-order valence-corrected chi connectivity index (χ1v) is 8.81. The fourth-order valence-electron chi connectivity index (χ4n) is 2.78. The van der Waals surface area contributed by atoms with Crippen molar-refractivity contribution in [2.75, 3.05) is 12.4 Å². The normalized spacial score (nSPS) is 10.5. The maximum absolute atomic E-state index is 13.8. The van der Waals surface area contributed by atoms with Gasteiger partial charge >= 0.3 is 0 Å². The minimum absolute atomic E-state index is 0.0194. The minimum atomic E-state index is -0.513. The van der Waals surface area contributed by atoms with Gasteiger partial charge in [0.1, 0.15) is 5.82 Å². The molecule has 3 rings (SSSR count). The first-order chi connectivity index (χ1) is 13.5. The van der Waals surface area contributed by atoms with Gasteiger partial charge in [-0.25, -0.2) is 9.37 Å². The first-order valence-electron chi connectivity index (χ1n) is 8.81. The third kappa shape index (κ3) is 4.62. The van der Waals surface area contributed by atoms with Crippen LogP contribution >= 0.6 is 0 Å². The Kier molecular flexibility index (Phi) is 5.84. The van der Waals surface area contributed by atoms with Crippen molar-refractivity contribution in [3.63, 3.8) is 0 Å². The van der Waals surface area contributed by atoms with E-state index in [-0.39, 0.29) is 23.6 Å². The lowest BCUT2D eigenvalue weighted by atomic mass is 10.1. The maximum Gasteiger partial charge on any atom is 0.251 e. The molecule has 0 bridgehead atoms. The Labute approximate surface area is 161 Å². The van der Waals surface area contributed by atoms with Crippen LogP contribution in [0.2, 0.25) is 0 Å². The summed E-state index contributed by atoms with van der Waals surface area (Å²) in [6.07, 6.45) is 0.664. The SMILES string of the molecule is CCc1cc(=O)[nH]c(-c2cccc(NC(=O)Cc3ccc(OC)c(F)c3)c2)n1. The molecule has 1 heterocycles. The van der Waals surface area contributed by atoms with Crippen LogP contribution < -0.4 is 15.6 Å². The molecular formula is C21H20FN3O3. The molecule has 0 saturated carbocycles. The highest BCUT2D eigenvalue weighted by Gasteiger charge is 2.10. The van der Waals surface area contributed by atoms with Crippen LogP contribution in [0.15, 0.2) is 53.3 Å². The fraction of sp³-hybridized carbons (Fsp3) is 0.190. The molecule has 1 amide bonds. The van der Waals surface area contributed by atoms with E-state index in [4.69, 9.17) is 4.74 Å². The highest BCUT2D eigenvalue weighted by molar-refractivity contribution is 5.92. The molecule has 0 spiro atoms. The number of nitrogens with zero attached hydrogens (tertiary/aromatic N) is 1. The van der Waals surface area contributed by atoms with Gasteiger partial charge in [0, 0.05) is 23.0 Å². The number of anilines is 1. The summed E-state index contributed by atoms with van der Waals surface area (Å²) in [5.41, 5.74) is 2.24. The highest BCUT2D eigenvalue weighted by Crippen LogP contribution is 2.20. The average molecular weight is 381 g/mol. The summed E-state index contributed by atoms with van der Waals surface area (Å²) in [6.45, 7) is 1.92. The van der Waals surface area contributed by atoms with E-state index in [0.717, 1.165) is 0 Å². The number of ether oxygens (including phenoxy) is 1. The van der Waals surface area contributed by atoms with Crippen LogP contribution in [0.1, 0.15) is 18.2 Å². The van der Waals surface area contributed by atoms with Crippen molar-refractivity contribution in [2.24, 2.45) is 0 Å². The summed E-state index contributed by atoms with van der Waals surface area (Å²) in [5, 5.41) is 2.78. The molecule has 6 nitrogen and oxygen atoms in total. The van der Waals surface area contributed by atoms with Crippen LogP contribution in [0.4, 0.5) is 10.1 Å². The Morgan fingerprint density at radius 1 is 1.21 bits per heavy atom. The van der Waals surface area contributed by atoms with Crippen LogP contribution in [-0.2, 0) is 17.6 Å². The molecule has 0 atom stereocenters. The van der Waals surface area contributed by atoms with Crippen LogP contribution in [0.25, 0.3) is 11.4 Å². The number of hydrogen-bond donors (Lipinski definition) is 2. The second-order valence-corrected chi connectivity index (χ2v) is 6.21. The minimum Gasteiger partial charge on any atom is -0.494 e. The van der Waals surface area contributed by atoms with E-state index >= 15 is 0 Å². The largest absolute Gasteiger partial charge is 0.494 e. The number of carbonyl (C=O) groups excluding carboxylic acids is 1. The van der Waals surface area contributed by atoms with Crippen molar-refractivity contribution in [2.45, 2.75) is 19.8 Å². The molecule has 2 aromatic carbocycles. The number of amides is 1. The van der Waals surface area contributed by atoms with Gasteiger partial charge in [0.2, 0.25) is 5.91 Å². The predicted molar refractivity (Wildman–Crippen MR) is 105 cm³/mol. The standard InChI is InChI=1S/C21H20FN3O3/c1-3-15-12-20(27)25-21(24-15)14-5-4-6-16(11-14)23-19(26)10-13-7-8-18(28-2)17(22)9-13/h4-9,11-12H,3,10H2,1-2H3,(H,23,26)(H,24,25,27). The molecule has 0 aliphatic heterocycles. The van der Waals surface area contributed by atoms with Crippen molar-refractivity contribution in [1.29, 1.82) is 0 Å². The van der Waals surface area contributed by atoms with Crippen molar-refractivity contribution in [1.82, 2.24) is 9.97 Å². The quantitative estimate of drug-likeness (QED) is 0.686. The molecule has 0 unspecified atom stereocenters. The lowest BCUT2D eigenvalue weighted by molar-refractivity contribution is -0.115. The van der Waals surface area contributed by atoms with Crippen LogP contribution in [0, 0.1) is 5.82 Å². The molecule has 0 saturated heterocycles. The maximum atomic E-state index is 13.8. The molecule has 3 aromatic rings. The predicted octanol–water partition coefficient (Wildman–Crippen LogP) is 3.33. The summed E-state index contributed by atoms with van der Waals surface area (Å²) >= 11 is 0. The third-order valence-electron chi connectivity index (χ3n) is 4.16. The Balaban J connectivity index is 1.75. The molecule has 2 N–H and O–H groups in total. The molecule has 144 valence electrons. The lowest BCUT2D eigenvalue weighted by Gasteiger charge is -2.09. The summed E-state index contributed by atoms with van der Waals surface area (Å²) in [7, 11) is 1.38. The summed E-state index contributed by atoms with van der Waals surface area (Å²) < 4.78 is 18.6. The molecule has 0 fully saturated rings. The van der Waals surface area contributed by atoms with Gasteiger partial charge in [0.15, 0.2) is 11.6 Å². The van der Waals surface area contributed by atoms with Gasteiger partial charge in [-0.15, -0.1) is 0 Å². The van der Waals surface area contributed by atoms with E-state index in [9.17, 15) is 14.0 Å². The Bertz CT molecular complexity index is 1060. The number of halogens is 1. The monoisotopic (exact) mass is 381 g/mol. The number of aromatic amines is 1. The van der Waals surface area contributed by atoms with E-state index in [0.29, 0.717) is 34.8 Å². The number of benzene rings is 2. The molecule has 7 heteroatoms. The molecule has 0 aliphatic rings. The van der Waals surface area contributed by atoms with E-state index in [1.54, 1.807) is 30.3 Å². The fourth-order valence-corrected chi connectivity index (χ4v) is 2.78. The zero-order valence-corrected chi connectivity index (χ0v) is 15.6. The number of aromatic nitrogens is 2. The van der Waals surface area contributed by atoms with Gasteiger partial charge in [-0.05, 0) is 36.2 Å². The van der Waals surface area contributed by atoms with E-state index in [2.05, 4.69) is 15.3 Å². The van der Waals surface area contributed by atoms with Crippen molar-refractivity contribution < 1.29 is 13.9 Å². The van der Waals surface area contributed by atoms with E-state index in [1.807, 2.05) is 6.92 Å². The van der Waals surface area contributed by atoms with Gasteiger partial charge in [0.25, 0.3) is 5.56 Å². The summed E-state index contributed by atoms with van der Waals surface area (Å²) in [6, 6.07) is 12.9. The van der Waals surface area contributed by atoms with Crippen LogP contribution in [0.3, 0.4) is 0 Å². The average Bonchev–Trinajstić information content (AvgIpc) is 2.67. The van der Waals surface area contributed by atoms with Gasteiger partial charge in [-0.3, -0.25) is 9.59 Å². The van der Waals surface area contributed by atoms with Crippen molar-refractivity contribution in [3.05, 3.63) is 76.0 Å². The second-order valence-electron chi connectivity index (χ2n) is 6.21. The molecule has 0 aliphatic carbocycles. The van der Waals surface area contributed by atoms with Crippen LogP contribution in [0.5, 0.6) is 5.75 Å². The second kappa shape index (κ2) is 8.47. The van der Waals surface area contributed by atoms with E-state index in [1.165, 1.54) is 25.3 Å². The smallest absolute Gasteiger partial charge is 0.251 e. The number of H-pyrrole nitrogens is 1. The Morgan fingerprint density at radius 3 is 2.75 bits per heavy atom. The lowest BCUT2D eigenvalue weighted by Crippen LogP contribution is -2.15.